The molecule has 2 rings (SSSR count). The summed E-state index contributed by atoms with van der Waals surface area (Å²) in [6.45, 7) is 3.14. The Kier molecular flexibility index (Phi) is 3.67. The monoisotopic (exact) mass is 294 g/mol. The van der Waals surface area contributed by atoms with Crippen molar-refractivity contribution in [3.63, 3.8) is 0 Å². The molecule has 0 spiro atoms. The van der Waals surface area contributed by atoms with Gasteiger partial charge in [0.15, 0.2) is 0 Å². The van der Waals surface area contributed by atoms with Crippen molar-refractivity contribution in [1.29, 1.82) is 0 Å². The number of nitrogen functional groups attached to an aromatic ring is 1. The SMILES string of the molecule is Cc1c(F)cccc1NS(=O)(=O)c1cccc(N)c1C. The fourth-order valence-corrected chi connectivity index (χ4v) is 3.24. The molecule has 0 unspecified atom stereocenters. The highest BCUT2D eigenvalue weighted by atomic mass is 32.2. The zero-order valence-electron chi connectivity index (χ0n) is 11.1. The minimum absolute atomic E-state index is 0.0844. The van der Waals surface area contributed by atoms with Crippen molar-refractivity contribution >= 4 is 21.4 Å². The fourth-order valence-electron chi connectivity index (χ4n) is 1.84. The fraction of sp³-hybridized carbons (Fsp3) is 0.143. The minimum Gasteiger partial charge on any atom is -0.398 e. The van der Waals surface area contributed by atoms with Gasteiger partial charge in [-0.1, -0.05) is 12.1 Å². The molecule has 0 aliphatic heterocycles. The molecule has 0 aliphatic carbocycles. The molecule has 0 fully saturated rings. The van der Waals surface area contributed by atoms with E-state index in [-0.39, 0.29) is 16.1 Å². The minimum atomic E-state index is -3.80. The first-order valence-electron chi connectivity index (χ1n) is 5.96. The van der Waals surface area contributed by atoms with E-state index in [4.69, 9.17) is 5.73 Å². The summed E-state index contributed by atoms with van der Waals surface area (Å²) in [5.74, 6) is -0.463. The van der Waals surface area contributed by atoms with E-state index in [0.717, 1.165) is 0 Å². The molecular formula is C14H15FN2O2S. The van der Waals surface area contributed by atoms with E-state index in [1.807, 2.05) is 0 Å². The number of hydrogen-bond donors (Lipinski definition) is 2. The Hall–Kier alpha value is -2.08. The third kappa shape index (κ3) is 2.60. The Bertz CT molecular complexity index is 758. The maximum Gasteiger partial charge on any atom is 0.262 e. The summed E-state index contributed by atoms with van der Waals surface area (Å²) >= 11 is 0. The first-order valence-corrected chi connectivity index (χ1v) is 7.44. The van der Waals surface area contributed by atoms with E-state index in [2.05, 4.69) is 4.72 Å². The van der Waals surface area contributed by atoms with Crippen molar-refractivity contribution in [3.8, 4) is 0 Å². The third-order valence-corrected chi connectivity index (χ3v) is 4.64. The maximum atomic E-state index is 13.4. The van der Waals surface area contributed by atoms with Crippen LogP contribution in [0.4, 0.5) is 15.8 Å². The lowest BCUT2D eigenvalue weighted by Gasteiger charge is -2.13. The number of rotatable bonds is 3. The van der Waals surface area contributed by atoms with Crippen LogP contribution in [0.3, 0.4) is 0 Å². The Morgan fingerprint density at radius 3 is 2.40 bits per heavy atom. The molecule has 4 nitrogen and oxygen atoms in total. The number of anilines is 2. The van der Waals surface area contributed by atoms with Crippen molar-refractivity contribution in [2.75, 3.05) is 10.5 Å². The Balaban J connectivity index is 2.47. The molecule has 2 aromatic rings. The number of sulfonamides is 1. The molecule has 3 N–H and O–H groups in total. The van der Waals surface area contributed by atoms with Crippen LogP contribution in [0.2, 0.25) is 0 Å². The second kappa shape index (κ2) is 5.13. The van der Waals surface area contributed by atoms with Crippen molar-refractivity contribution in [1.82, 2.24) is 0 Å². The summed E-state index contributed by atoms with van der Waals surface area (Å²) in [4.78, 5) is 0.0844. The van der Waals surface area contributed by atoms with Crippen LogP contribution in [-0.2, 0) is 10.0 Å². The van der Waals surface area contributed by atoms with E-state index >= 15 is 0 Å². The largest absolute Gasteiger partial charge is 0.398 e. The van der Waals surface area contributed by atoms with Crippen molar-refractivity contribution < 1.29 is 12.8 Å². The second-order valence-corrected chi connectivity index (χ2v) is 6.14. The zero-order chi connectivity index (χ0) is 14.9. The summed E-state index contributed by atoms with van der Waals surface area (Å²) in [5, 5.41) is 0. The highest BCUT2D eigenvalue weighted by Gasteiger charge is 2.19. The summed E-state index contributed by atoms with van der Waals surface area (Å²) in [6.07, 6.45) is 0. The van der Waals surface area contributed by atoms with Crippen molar-refractivity contribution in [2.24, 2.45) is 0 Å². The highest BCUT2D eigenvalue weighted by molar-refractivity contribution is 7.92. The molecule has 0 bridgehead atoms. The van der Waals surface area contributed by atoms with Crippen LogP contribution in [0, 0.1) is 19.7 Å². The van der Waals surface area contributed by atoms with Gasteiger partial charge in [0.05, 0.1) is 10.6 Å². The molecule has 0 atom stereocenters. The van der Waals surface area contributed by atoms with Crippen LogP contribution in [0.1, 0.15) is 11.1 Å². The van der Waals surface area contributed by atoms with E-state index in [9.17, 15) is 12.8 Å². The molecule has 6 heteroatoms. The smallest absolute Gasteiger partial charge is 0.262 e. The lowest BCUT2D eigenvalue weighted by molar-refractivity contribution is 0.600. The van der Waals surface area contributed by atoms with Crippen LogP contribution in [0.5, 0.6) is 0 Å². The van der Waals surface area contributed by atoms with Crippen molar-refractivity contribution in [2.45, 2.75) is 18.7 Å². The van der Waals surface area contributed by atoms with Gasteiger partial charge in [0, 0.05) is 11.3 Å². The van der Waals surface area contributed by atoms with Crippen LogP contribution in [0.25, 0.3) is 0 Å². The van der Waals surface area contributed by atoms with Gasteiger partial charge in [-0.3, -0.25) is 4.72 Å². The molecule has 0 aliphatic rings. The van der Waals surface area contributed by atoms with E-state index < -0.39 is 15.8 Å². The van der Waals surface area contributed by atoms with Gasteiger partial charge in [-0.15, -0.1) is 0 Å². The molecule has 0 radical (unpaired) electrons. The zero-order valence-corrected chi connectivity index (χ0v) is 12.0. The number of halogens is 1. The summed E-state index contributed by atoms with van der Waals surface area (Å²) in [7, 11) is -3.80. The number of nitrogens with one attached hydrogen (secondary N) is 1. The lowest BCUT2D eigenvalue weighted by atomic mass is 10.2. The normalized spacial score (nSPS) is 11.3. The standard InChI is InChI=1S/C14H15FN2O2S/c1-9-11(15)5-3-7-13(9)17-20(18,19)14-8-4-6-12(16)10(14)2/h3-8,17H,16H2,1-2H3. The number of hydrogen-bond acceptors (Lipinski definition) is 3. The number of benzene rings is 2. The van der Waals surface area contributed by atoms with Gasteiger partial charge in [0.2, 0.25) is 0 Å². The molecule has 106 valence electrons. The van der Waals surface area contributed by atoms with Gasteiger partial charge in [0.1, 0.15) is 5.82 Å². The quantitative estimate of drug-likeness (QED) is 0.855. The summed E-state index contributed by atoms with van der Waals surface area (Å²) in [6, 6.07) is 8.89. The topological polar surface area (TPSA) is 72.2 Å². The summed E-state index contributed by atoms with van der Waals surface area (Å²) in [5.41, 5.74) is 7.03. The van der Waals surface area contributed by atoms with Crippen LogP contribution < -0.4 is 10.5 Å². The number of nitrogens with two attached hydrogens (primary N) is 1. The van der Waals surface area contributed by atoms with Crippen LogP contribution >= 0.6 is 0 Å². The van der Waals surface area contributed by atoms with Gasteiger partial charge in [-0.05, 0) is 43.7 Å². The Labute approximate surface area is 117 Å². The van der Waals surface area contributed by atoms with Gasteiger partial charge in [-0.25, -0.2) is 12.8 Å². The maximum absolute atomic E-state index is 13.4. The van der Waals surface area contributed by atoms with E-state index in [1.54, 1.807) is 19.1 Å². The van der Waals surface area contributed by atoms with Crippen LogP contribution in [-0.4, -0.2) is 8.42 Å². The van der Waals surface area contributed by atoms with Crippen LogP contribution in [0.15, 0.2) is 41.3 Å². The first kappa shape index (κ1) is 14.3. The Morgan fingerprint density at radius 2 is 1.70 bits per heavy atom. The first-order chi connectivity index (χ1) is 9.33. The van der Waals surface area contributed by atoms with Crippen molar-refractivity contribution in [3.05, 3.63) is 53.3 Å². The molecular weight excluding hydrogens is 279 g/mol. The average molecular weight is 294 g/mol. The predicted octanol–water partition coefficient (Wildman–Crippen LogP) is 2.83. The molecule has 2 aromatic carbocycles. The Morgan fingerprint density at radius 1 is 1.05 bits per heavy atom. The molecule has 0 amide bonds. The summed E-state index contributed by atoms with van der Waals surface area (Å²) < 4.78 is 40.5. The van der Waals surface area contributed by atoms with E-state index in [1.165, 1.54) is 31.2 Å². The molecule has 20 heavy (non-hydrogen) atoms. The van der Waals surface area contributed by atoms with Gasteiger partial charge < -0.3 is 5.73 Å². The molecule has 0 saturated heterocycles. The van der Waals surface area contributed by atoms with Gasteiger partial charge in [-0.2, -0.15) is 0 Å². The van der Waals surface area contributed by atoms with Gasteiger partial charge >= 0.3 is 0 Å². The highest BCUT2D eigenvalue weighted by Crippen LogP contribution is 2.25. The molecule has 0 heterocycles. The third-order valence-electron chi connectivity index (χ3n) is 3.13. The lowest BCUT2D eigenvalue weighted by Crippen LogP contribution is -2.16. The predicted molar refractivity (Wildman–Crippen MR) is 77.5 cm³/mol. The second-order valence-electron chi connectivity index (χ2n) is 4.49. The molecule has 0 aromatic heterocycles. The molecule has 0 saturated carbocycles. The van der Waals surface area contributed by atoms with Gasteiger partial charge in [0.25, 0.3) is 10.0 Å². The average Bonchev–Trinajstić information content (AvgIpc) is 2.38. The van der Waals surface area contributed by atoms with E-state index in [0.29, 0.717) is 11.3 Å².